The molecular weight excluding hydrogens is 318 g/mol. The van der Waals surface area contributed by atoms with Gasteiger partial charge in [-0.15, -0.1) is 0 Å². The minimum atomic E-state index is -1.62. The van der Waals surface area contributed by atoms with Crippen LogP contribution < -0.4 is 5.32 Å². The molecule has 2 aromatic rings. The number of benzene rings is 2. The van der Waals surface area contributed by atoms with Crippen LogP contribution in [-0.2, 0) is 4.74 Å². The highest BCUT2D eigenvalue weighted by Crippen LogP contribution is 2.44. The van der Waals surface area contributed by atoms with Crippen molar-refractivity contribution in [2.45, 2.75) is 32.1 Å². The standard InChI is InChI=1S/C20H23NO4/c1-12(2)18(19(22)23)21-20(24)25-11-17-15-9-5-3-7-13(15)14-8-4-6-10-16(14)17/h3-10,12,17-19,22-23H,11H2,1-2H3,(H,21,24). The minimum absolute atomic E-state index is 0.0188. The zero-order valence-corrected chi connectivity index (χ0v) is 14.3. The van der Waals surface area contributed by atoms with Gasteiger partial charge in [0.25, 0.3) is 0 Å². The molecule has 25 heavy (non-hydrogen) atoms. The third-order valence-corrected chi connectivity index (χ3v) is 4.67. The van der Waals surface area contributed by atoms with Crippen LogP contribution in [0, 0.1) is 5.92 Å². The van der Waals surface area contributed by atoms with Crippen molar-refractivity contribution in [3.8, 4) is 11.1 Å². The first-order chi connectivity index (χ1) is 12.0. The van der Waals surface area contributed by atoms with Gasteiger partial charge in [-0.1, -0.05) is 62.4 Å². The van der Waals surface area contributed by atoms with E-state index in [9.17, 15) is 15.0 Å². The molecule has 0 saturated heterocycles. The van der Waals surface area contributed by atoms with Crippen LogP contribution in [-0.4, -0.2) is 35.2 Å². The third kappa shape index (κ3) is 3.52. The van der Waals surface area contributed by atoms with Crippen LogP contribution in [0.15, 0.2) is 48.5 Å². The number of nitrogens with one attached hydrogen (secondary N) is 1. The highest BCUT2D eigenvalue weighted by atomic mass is 16.5. The van der Waals surface area contributed by atoms with E-state index >= 15 is 0 Å². The first-order valence-corrected chi connectivity index (χ1v) is 8.46. The number of rotatable bonds is 5. The fraction of sp³-hybridized carbons (Fsp3) is 0.350. The quantitative estimate of drug-likeness (QED) is 0.731. The maximum absolute atomic E-state index is 12.1. The molecule has 2 aromatic carbocycles. The Morgan fingerprint density at radius 2 is 1.56 bits per heavy atom. The molecule has 0 spiro atoms. The molecule has 0 bridgehead atoms. The normalized spacial score (nSPS) is 14.3. The molecule has 3 N–H and O–H groups in total. The van der Waals surface area contributed by atoms with Crippen molar-refractivity contribution in [1.29, 1.82) is 0 Å². The van der Waals surface area contributed by atoms with Crippen LogP contribution in [0.25, 0.3) is 11.1 Å². The molecule has 1 aliphatic carbocycles. The monoisotopic (exact) mass is 341 g/mol. The molecule has 1 atom stereocenters. The number of aliphatic hydroxyl groups is 2. The zero-order valence-electron chi connectivity index (χ0n) is 14.3. The average molecular weight is 341 g/mol. The summed E-state index contributed by atoms with van der Waals surface area (Å²) in [5.74, 6) is -0.143. The molecular formula is C20H23NO4. The Morgan fingerprint density at radius 3 is 2.04 bits per heavy atom. The van der Waals surface area contributed by atoms with E-state index in [4.69, 9.17) is 4.74 Å². The summed E-state index contributed by atoms with van der Waals surface area (Å²) in [5, 5.41) is 21.2. The number of carbonyl (C=O) groups is 1. The Labute approximate surface area is 147 Å². The summed E-state index contributed by atoms with van der Waals surface area (Å²) in [4.78, 5) is 12.1. The summed E-state index contributed by atoms with van der Waals surface area (Å²) < 4.78 is 5.40. The predicted molar refractivity (Wildman–Crippen MR) is 95.1 cm³/mol. The van der Waals surface area contributed by atoms with Gasteiger partial charge in [-0.25, -0.2) is 4.79 Å². The van der Waals surface area contributed by atoms with E-state index in [1.54, 1.807) is 13.8 Å². The minimum Gasteiger partial charge on any atom is -0.449 e. The van der Waals surface area contributed by atoms with E-state index < -0.39 is 18.4 Å². The summed E-state index contributed by atoms with van der Waals surface area (Å²) in [7, 11) is 0. The third-order valence-electron chi connectivity index (χ3n) is 4.67. The fourth-order valence-corrected chi connectivity index (χ4v) is 3.36. The smallest absolute Gasteiger partial charge is 0.407 e. The van der Waals surface area contributed by atoms with Gasteiger partial charge < -0.3 is 20.3 Å². The number of fused-ring (bicyclic) bond motifs is 3. The van der Waals surface area contributed by atoms with Crippen molar-refractivity contribution < 1.29 is 19.7 Å². The molecule has 0 aromatic heterocycles. The summed E-state index contributed by atoms with van der Waals surface area (Å²) >= 11 is 0. The molecule has 1 aliphatic rings. The molecule has 3 rings (SSSR count). The summed E-state index contributed by atoms with van der Waals surface area (Å²) in [5.41, 5.74) is 4.61. The summed E-state index contributed by atoms with van der Waals surface area (Å²) in [6.45, 7) is 3.80. The van der Waals surface area contributed by atoms with Crippen molar-refractivity contribution in [1.82, 2.24) is 5.32 Å². The Kier molecular flexibility index (Phi) is 5.06. The highest BCUT2D eigenvalue weighted by molar-refractivity contribution is 5.79. The van der Waals surface area contributed by atoms with E-state index in [2.05, 4.69) is 29.6 Å². The van der Waals surface area contributed by atoms with Gasteiger partial charge in [0.1, 0.15) is 6.61 Å². The molecule has 1 unspecified atom stereocenters. The topological polar surface area (TPSA) is 78.8 Å². The average Bonchev–Trinajstić information content (AvgIpc) is 2.91. The number of amides is 1. The first kappa shape index (κ1) is 17.5. The molecule has 0 saturated carbocycles. The second-order valence-electron chi connectivity index (χ2n) is 6.65. The van der Waals surface area contributed by atoms with Crippen LogP contribution >= 0.6 is 0 Å². The van der Waals surface area contributed by atoms with Gasteiger partial charge in [-0.2, -0.15) is 0 Å². The second-order valence-corrected chi connectivity index (χ2v) is 6.65. The van der Waals surface area contributed by atoms with Crippen molar-refractivity contribution in [2.24, 2.45) is 5.92 Å². The molecule has 132 valence electrons. The van der Waals surface area contributed by atoms with E-state index in [0.717, 1.165) is 22.3 Å². The highest BCUT2D eigenvalue weighted by Gasteiger charge is 2.30. The van der Waals surface area contributed by atoms with Crippen molar-refractivity contribution >= 4 is 6.09 Å². The van der Waals surface area contributed by atoms with Crippen molar-refractivity contribution in [2.75, 3.05) is 6.61 Å². The lowest BCUT2D eigenvalue weighted by Crippen LogP contribution is -2.47. The molecule has 5 heteroatoms. The maximum atomic E-state index is 12.1. The van der Waals surface area contributed by atoms with E-state index in [0.29, 0.717) is 0 Å². The Hall–Kier alpha value is -2.37. The van der Waals surface area contributed by atoms with Crippen LogP contribution in [0.1, 0.15) is 30.9 Å². The SMILES string of the molecule is CC(C)C(NC(=O)OCC1c2ccccc2-c2ccccc21)C(O)O. The number of hydrogen-bond acceptors (Lipinski definition) is 4. The van der Waals surface area contributed by atoms with Crippen molar-refractivity contribution in [3.63, 3.8) is 0 Å². The molecule has 0 fully saturated rings. The number of ether oxygens (including phenoxy) is 1. The maximum Gasteiger partial charge on any atom is 0.407 e. The summed E-state index contributed by atoms with van der Waals surface area (Å²) in [6, 6.07) is 15.4. The number of aliphatic hydroxyl groups excluding tert-OH is 1. The molecule has 1 amide bonds. The second kappa shape index (κ2) is 7.25. The Morgan fingerprint density at radius 1 is 1.04 bits per heavy atom. The predicted octanol–water partition coefficient (Wildman–Crippen LogP) is 2.86. The lowest BCUT2D eigenvalue weighted by molar-refractivity contribution is -0.0763. The van der Waals surface area contributed by atoms with Crippen LogP contribution in [0.4, 0.5) is 4.79 Å². The van der Waals surface area contributed by atoms with Crippen LogP contribution in [0.3, 0.4) is 0 Å². The van der Waals surface area contributed by atoms with E-state index in [1.807, 2.05) is 24.3 Å². The lowest BCUT2D eigenvalue weighted by atomic mass is 9.98. The van der Waals surface area contributed by atoms with Gasteiger partial charge in [0.05, 0.1) is 6.04 Å². The fourth-order valence-electron chi connectivity index (χ4n) is 3.36. The lowest BCUT2D eigenvalue weighted by Gasteiger charge is -2.24. The van der Waals surface area contributed by atoms with E-state index in [1.165, 1.54) is 0 Å². The van der Waals surface area contributed by atoms with Gasteiger partial charge >= 0.3 is 6.09 Å². The Bertz CT molecular complexity index is 703. The van der Waals surface area contributed by atoms with Gasteiger partial charge in [-0.05, 0) is 28.2 Å². The molecule has 0 aliphatic heterocycles. The van der Waals surface area contributed by atoms with Crippen LogP contribution in [0.5, 0.6) is 0 Å². The molecule has 0 radical (unpaired) electrons. The number of alkyl carbamates (subject to hydrolysis) is 1. The first-order valence-electron chi connectivity index (χ1n) is 8.46. The van der Waals surface area contributed by atoms with E-state index in [-0.39, 0.29) is 18.4 Å². The molecule has 0 heterocycles. The van der Waals surface area contributed by atoms with Gasteiger partial charge in [0.15, 0.2) is 6.29 Å². The van der Waals surface area contributed by atoms with Gasteiger partial charge in [-0.3, -0.25) is 0 Å². The largest absolute Gasteiger partial charge is 0.449 e. The van der Waals surface area contributed by atoms with Crippen molar-refractivity contribution in [3.05, 3.63) is 59.7 Å². The Balaban J connectivity index is 1.72. The zero-order chi connectivity index (χ0) is 18.0. The van der Waals surface area contributed by atoms with Gasteiger partial charge in [0.2, 0.25) is 0 Å². The summed E-state index contributed by atoms with van der Waals surface area (Å²) in [6.07, 6.45) is -2.27. The molecule has 5 nitrogen and oxygen atoms in total. The number of hydrogen-bond donors (Lipinski definition) is 3. The van der Waals surface area contributed by atoms with Crippen LogP contribution in [0.2, 0.25) is 0 Å². The van der Waals surface area contributed by atoms with Gasteiger partial charge in [0, 0.05) is 5.92 Å². The number of carbonyl (C=O) groups excluding carboxylic acids is 1.